The number of anilines is 2. The average Bonchev–Trinajstić information content (AvgIpc) is 2.68. The number of carbonyl (C=O) groups is 1. The van der Waals surface area contributed by atoms with Gasteiger partial charge in [0.25, 0.3) is 0 Å². The number of carbonyl (C=O) groups excluding carboxylic acids is 1. The van der Waals surface area contributed by atoms with Crippen molar-refractivity contribution >= 4 is 28.4 Å². The first-order chi connectivity index (χ1) is 12.7. The molecule has 0 fully saturated rings. The Kier molecular flexibility index (Phi) is 5.17. The van der Waals surface area contributed by atoms with Gasteiger partial charge in [-0.1, -0.05) is 12.1 Å². The summed E-state index contributed by atoms with van der Waals surface area (Å²) >= 11 is 0. The minimum Gasteiger partial charge on any atom is -0.497 e. The molecule has 3 aromatic rings. The van der Waals surface area contributed by atoms with E-state index in [1.54, 1.807) is 39.3 Å². The van der Waals surface area contributed by atoms with Crippen LogP contribution in [0.1, 0.15) is 17.5 Å². The fourth-order valence-corrected chi connectivity index (χ4v) is 2.50. The molecule has 0 bridgehead atoms. The number of hydrogen-bond donors (Lipinski definition) is 1. The predicted octanol–water partition coefficient (Wildman–Crippen LogP) is 3.57. The first-order valence-electron chi connectivity index (χ1n) is 8.09. The Hall–Kier alpha value is -3.35. The van der Waals surface area contributed by atoms with Crippen molar-refractivity contribution in [2.24, 2.45) is 0 Å². The summed E-state index contributed by atoms with van der Waals surface area (Å²) in [5.41, 5.74) is 1.29. The van der Waals surface area contributed by atoms with E-state index in [1.807, 2.05) is 24.3 Å². The summed E-state index contributed by atoms with van der Waals surface area (Å²) in [7, 11) is 3.17. The zero-order valence-electron chi connectivity index (χ0n) is 14.8. The van der Waals surface area contributed by atoms with Crippen LogP contribution in [0.15, 0.2) is 42.5 Å². The van der Waals surface area contributed by atoms with Crippen molar-refractivity contribution in [2.45, 2.75) is 6.92 Å². The standard InChI is InChI=1S/C19H19N3O4/c1-4-26-19(23)18-20-14-8-6-5-7-13(14)17(22-18)21-15-11-12(24-2)9-10-16(15)25-3/h5-11H,4H2,1-3H3,(H,20,21,22). The number of esters is 1. The number of aromatic nitrogens is 2. The maximum Gasteiger partial charge on any atom is 0.376 e. The fourth-order valence-electron chi connectivity index (χ4n) is 2.50. The molecular formula is C19H19N3O4. The van der Waals surface area contributed by atoms with Crippen molar-refractivity contribution in [2.75, 3.05) is 26.1 Å². The third-order valence-corrected chi connectivity index (χ3v) is 3.72. The number of nitrogens with zero attached hydrogens (tertiary/aromatic N) is 2. The van der Waals surface area contributed by atoms with Gasteiger partial charge in [-0.25, -0.2) is 14.8 Å². The number of nitrogens with one attached hydrogen (secondary N) is 1. The van der Waals surface area contributed by atoms with Crippen LogP contribution < -0.4 is 14.8 Å². The van der Waals surface area contributed by atoms with Gasteiger partial charge in [-0.2, -0.15) is 0 Å². The molecule has 1 N–H and O–H groups in total. The van der Waals surface area contributed by atoms with E-state index < -0.39 is 5.97 Å². The summed E-state index contributed by atoms with van der Waals surface area (Å²) in [6.07, 6.45) is 0. The molecule has 134 valence electrons. The van der Waals surface area contributed by atoms with Gasteiger partial charge in [-0.05, 0) is 31.2 Å². The van der Waals surface area contributed by atoms with Gasteiger partial charge in [0.2, 0.25) is 5.82 Å². The molecule has 7 heteroatoms. The Labute approximate surface area is 150 Å². The van der Waals surface area contributed by atoms with Crippen LogP contribution in [0.5, 0.6) is 11.5 Å². The molecule has 0 saturated carbocycles. The molecule has 26 heavy (non-hydrogen) atoms. The van der Waals surface area contributed by atoms with Crippen molar-refractivity contribution in [1.82, 2.24) is 9.97 Å². The average molecular weight is 353 g/mol. The molecule has 0 aliphatic rings. The molecule has 1 heterocycles. The predicted molar refractivity (Wildman–Crippen MR) is 98.3 cm³/mol. The molecule has 0 atom stereocenters. The lowest BCUT2D eigenvalue weighted by Gasteiger charge is -2.14. The van der Waals surface area contributed by atoms with Gasteiger partial charge in [0.15, 0.2) is 0 Å². The van der Waals surface area contributed by atoms with Crippen LogP contribution in [0.25, 0.3) is 10.9 Å². The zero-order valence-corrected chi connectivity index (χ0v) is 14.8. The number of rotatable bonds is 6. The van der Waals surface area contributed by atoms with Crippen LogP contribution in [0, 0.1) is 0 Å². The second kappa shape index (κ2) is 7.69. The Balaban J connectivity index is 2.10. The summed E-state index contributed by atoms with van der Waals surface area (Å²) < 4.78 is 15.7. The minimum absolute atomic E-state index is 0.00471. The summed E-state index contributed by atoms with van der Waals surface area (Å²) in [5.74, 6) is 1.18. The van der Waals surface area contributed by atoms with E-state index in [-0.39, 0.29) is 12.4 Å². The molecule has 0 aliphatic heterocycles. The van der Waals surface area contributed by atoms with Crippen molar-refractivity contribution in [3.05, 3.63) is 48.3 Å². The van der Waals surface area contributed by atoms with Gasteiger partial charge in [0.1, 0.15) is 17.3 Å². The van der Waals surface area contributed by atoms with Gasteiger partial charge in [0.05, 0.1) is 32.0 Å². The first-order valence-corrected chi connectivity index (χ1v) is 8.09. The molecule has 0 radical (unpaired) electrons. The second-order valence-corrected chi connectivity index (χ2v) is 5.32. The van der Waals surface area contributed by atoms with E-state index in [2.05, 4.69) is 15.3 Å². The Morgan fingerprint density at radius 3 is 2.62 bits per heavy atom. The van der Waals surface area contributed by atoms with Crippen LogP contribution in [0.2, 0.25) is 0 Å². The lowest BCUT2D eigenvalue weighted by molar-refractivity contribution is 0.0512. The summed E-state index contributed by atoms with van der Waals surface area (Å²) in [4.78, 5) is 20.7. The second-order valence-electron chi connectivity index (χ2n) is 5.32. The summed E-state index contributed by atoms with van der Waals surface area (Å²) in [5, 5.41) is 3.98. The highest BCUT2D eigenvalue weighted by atomic mass is 16.5. The topological polar surface area (TPSA) is 82.6 Å². The third-order valence-electron chi connectivity index (χ3n) is 3.72. The molecule has 0 aliphatic carbocycles. The Bertz CT molecular complexity index is 943. The van der Waals surface area contributed by atoms with E-state index in [0.29, 0.717) is 28.5 Å². The van der Waals surface area contributed by atoms with Crippen molar-refractivity contribution in [1.29, 1.82) is 0 Å². The van der Waals surface area contributed by atoms with E-state index in [4.69, 9.17) is 14.2 Å². The Morgan fingerprint density at radius 1 is 1.08 bits per heavy atom. The first kappa shape index (κ1) is 17.5. The van der Waals surface area contributed by atoms with Crippen molar-refractivity contribution in [3.8, 4) is 11.5 Å². The van der Waals surface area contributed by atoms with Crippen molar-refractivity contribution < 1.29 is 19.0 Å². The number of hydrogen-bond acceptors (Lipinski definition) is 7. The molecular weight excluding hydrogens is 334 g/mol. The maximum atomic E-state index is 12.1. The van der Waals surface area contributed by atoms with Gasteiger partial charge < -0.3 is 19.5 Å². The number of methoxy groups -OCH3 is 2. The van der Waals surface area contributed by atoms with Gasteiger partial charge >= 0.3 is 5.97 Å². The smallest absolute Gasteiger partial charge is 0.376 e. The van der Waals surface area contributed by atoms with E-state index >= 15 is 0 Å². The van der Waals surface area contributed by atoms with Crippen LogP contribution in [0.4, 0.5) is 11.5 Å². The lowest BCUT2D eigenvalue weighted by atomic mass is 10.2. The number of para-hydroxylation sites is 1. The van der Waals surface area contributed by atoms with E-state index in [9.17, 15) is 4.79 Å². The van der Waals surface area contributed by atoms with Crippen LogP contribution in [0.3, 0.4) is 0 Å². The van der Waals surface area contributed by atoms with Crippen LogP contribution in [-0.4, -0.2) is 36.8 Å². The molecule has 0 amide bonds. The van der Waals surface area contributed by atoms with Gasteiger partial charge in [0, 0.05) is 11.5 Å². The number of ether oxygens (including phenoxy) is 3. The summed E-state index contributed by atoms with van der Waals surface area (Å²) in [6, 6.07) is 12.8. The molecule has 1 aromatic heterocycles. The largest absolute Gasteiger partial charge is 0.497 e. The molecule has 7 nitrogen and oxygen atoms in total. The lowest BCUT2D eigenvalue weighted by Crippen LogP contribution is -2.11. The number of fused-ring (bicyclic) bond motifs is 1. The summed E-state index contributed by atoms with van der Waals surface area (Å²) in [6.45, 7) is 1.99. The highest BCUT2D eigenvalue weighted by molar-refractivity contribution is 5.95. The molecule has 0 spiro atoms. The highest BCUT2D eigenvalue weighted by Crippen LogP contribution is 2.33. The monoisotopic (exact) mass is 353 g/mol. The van der Waals surface area contributed by atoms with E-state index in [0.717, 1.165) is 5.39 Å². The fraction of sp³-hybridized carbons (Fsp3) is 0.211. The molecule has 2 aromatic carbocycles. The van der Waals surface area contributed by atoms with E-state index in [1.165, 1.54) is 0 Å². The van der Waals surface area contributed by atoms with Gasteiger partial charge in [-0.15, -0.1) is 0 Å². The van der Waals surface area contributed by atoms with Crippen LogP contribution >= 0.6 is 0 Å². The highest BCUT2D eigenvalue weighted by Gasteiger charge is 2.16. The molecule has 0 unspecified atom stereocenters. The quantitative estimate of drug-likeness (QED) is 0.678. The maximum absolute atomic E-state index is 12.1. The molecule has 0 saturated heterocycles. The van der Waals surface area contributed by atoms with Gasteiger partial charge in [-0.3, -0.25) is 0 Å². The zero-order chi connectivity index (χ0) is 18.5. The number of benzene rings is 2. The van der Waals surface area contributed by atoms with Crippen molar-refractivity contribution in [3.63, 3.8) is 0 Å². The SMILES string of the molecule is CCOC(=O)c1nc(Nc2cc(OC)ccc2OC)c2ccccc2n1. The third kappa shape index (κ3) is 3.51. The molecule has 3 rings (SSSR count). The Morgan fingerprint density at radius 2 is 1.88 bits per heavy atom. The normalized spacial score (nSPS) is 10.4. The van der Waals surface area contributed by atoms with Crippen LogP contribution in [-0.2, 0) is 4.74 Å². The minimum atomic E-state index is -0.570.